The Morgan fingerprint density at radius 2 is 1.51 bits per heavy atom. The summed E-state index contributed by atoms with van der Waals surface area (Å²) in [5.41, 5.74) is -0.0679. The Labute approximate surface area is 212 Å². The minimum atomic E-state index is -5.43. The van der Waals surface area contributed by atoms with E-state index in [0.29, 0.717) is 0 Å². The van der Waals surface area contributed by atoms with Crippen molar-refractivity contribution >= 4 is 38.2 Å². The topological polar surface area (TPSA) is 110 Å². The molecule has 0 saturated heterocycles. The number of rotatable bonds is 8. The molecule has 3 aromatic carbocycles. The number of nitrogens with one attached hydrogen (secondary N) is 1. The second kappa shape index (κ2) is 10.4. The molecule has 11 heteroatoms. The molecule has 0 spiro atoms. The Kier molecular flexibility index (Phi) is 7.87. The van der Waals surface area contributed by atoms with Crippen molar-refractivity contribution in [2.24, 2.45) is 0 Å². The van der Waals surface area contributed by atoms with Crippen LogP contribution >= 0.6 is 0 Å². The van der Waals surface area contributed by atoms with Gasteiger partial charge >= 0.3 is 12.1 Å². The molecule has 7 nitrogen and oxygen atoms in total. The molecule has 0 aliphatic rings. The molecule has 0 aliphatic carbocycles. The van der Waals surface area contributed by atoms with Crippen LogP contribution in [0, 0.1) is 0 Å². The van der Waals surface area contributed by atoms with Gasteiger partial charge in [0.2, 0.25) is 0 Å². The Bertz CT molecular complexity index is 1430. The molecule has 0 fully saturated rings. The van der Waals surface area contributed by atoms with Gasteiger partial charge in [-0.05, 0) is 43.5 Å². The Hall–Kier alpha value is -3.60. The molecule has 3 rings (SSSR count). The summed E-state index contributed by atoms with van der Waals surface area (Å²) in [6, 6.07) is 12.7. The van der Waals surface area contributed by atoms with E-state index in [-0.39, 0.29) is 27.3 Å². The van der Waals surface area contributed by atoms with E-state index in [1.165, 1.54) is 50.2 Å². The third-order valence-corrected chi connectivity index (χ3v) is 6.97. The highest BCUT2D eigenvalue weighted by atomic mass is 32.2. The zero-order valence-corrected chi connectivity index (χ0v) is 21.3. The first-order chi connectivity index (χ1) is 17.1. The number of Topliss-reactive ketones (excluding diaryl/α,β-unsaturated/α-hetero) is 1. The fourth-order valence-electron chi connectivity index (χ4n) is 3.76. The van der Waals surface area contributed by atoms with Gasteiger partial charge in [-0.1, -0.05) is 50.2 Å². The Morgan fingerprint density at radius 1 is 0.946 bits per heavy atom. The number of sulfonamides is 1. The van der Waals surface area contributed by atoms with Gasteiger partial charge in [0, 0.05) is 16.3 Å². The van der Waals surface area contributed by atoms with E-state index >= 15 is 0 Å². The van der Waals surface area contributed by atoms with Crippen molar-refractivity contribution in [3.63, 3.8) is 0 Å². The first-order valence-corrected chi connectivity index (χ1v) is 12.8. The summed E-state index contributed by atoms with van der Waals surface area (Å²) in [7, 11) is -4.25. The van der Waals surface area contributed by atoms with Crippen LogP contribution in [0.1, 0.15) is 50.7 Å². The van der Waals surface area contributed by atoms with Crippen LogP contribution in [0.3, 0.4) is 0 Å². The molecule has 1 atom stereocenters. The van der Waals surface area contributed by atoms with E-state index in [0.717, 1.165) is 11.6 Å². The molecule has 0 aromatic heterocycles. The van der Waals surface area contributed by atoms with Crippen molar-refractivity contribution < 1.29 is 41.0 Å². The second-order valence-corrected chi connectivity index (χ2v) is 10.7. The first kappa shape index (κ1) is 28.0. The van der Waals surface area contributed by atoms with Crippen LogP contribution in [-0.2, 0) is 24.3 Å². The maximum Gasteiger partial charge on any atom is 0.451 e. The van der Waals surface area contributed by atoms with E-state index in [1.54, 1.807) is 12.1 Å². The minimum Gasteiger partial charge on any atom is -0.507 e. The van der Waals surface area contributed by atoms with Gasteiger partial charge in [0.25, 0.3) is 15.8 Å². The minimum absolute atomic E-state index is 0.0647. The molecule has 0 amide bonds. The van der Waals surface area contributed by atoms with Crippen molar-refractivity contribution in [3.8, 4) is 5.75 Å². The Morgan fingerprint density at radius 3 is 2.03 bits per heavy atom. The molecule has 3 aromatic rings. The van der Waals surface area contributed by atoms with Crippen molar-refractivity contribution in [1.82, 2.24) is 0 Å². The van der Waals surface area contributed by atoms with Gasteiger partial charge in [0.05, 0.1) is 16.7 Å². The standard InChI is InChI=1S/C26H26F3NO6S/c1-14(2)16-9-11-17(12-10-16)37(34,35)30-21-13-20(23(31)19-8-6-5-7-18(19)21)22(24(32)26(27,28)29)25(33)36-15(3)4/h5-15,22,30-31H,1-4H3. The summed E-state index contributed by atoms with van der Waals surface area (Å²) < 4.78 is 73.9. The number of phenols is 1. The predicted molar refractivity (Wildman–Crippen MR) is 132 cm³/mol. The summed E-state index contributed by atoms with van der Waals surface area (Å²) in [4.78, 5) is 24.8. The molecule has 2 N–H and O–H groups in total. The van der Waals surface area contributed by atoms with E-state index in [4.69, 9.17) is 4.74 Å². The lowest BCUT2D eigenvalue weighted by Gasteiger charge is -2.21. The van der Waals surface area contributed by atoms with Gasteiger partial charge in [0.15, 0.2) is 5.92 Å². The molecule has 0 heterocycles. The highest BCUT2D eigenvalue weighted by Gasteiger charge is 2.49. The van der Waals surface area contributed by atoms with Crippen molar-refractivity contribution in [2.45, 2.75) is 56.7 Å². The smallest absolute Gasteiger partial charge is 0.451 e. The van der Waals surface area contributed by atoms with Gasteiger partial charge in [-0.15, -0.1) is 0 Å². The molecule has 0 radical (unpaired) electrons. The number of benzene rings is 3. The number of halogens is 3. The van der Waals surface area contributed by atoms with Crippen LogP contribution in [0.4, 0.5) is 18.9 Å². The number of aromatic hydroxyl groups is 1. The molecule has 1 unspecified atom stereocenters. The van der Waals surface area contributed by atoms with Gasteiger partial charge in [0.1, 0.15) is 5.75 Å². The quantitative estimate of drug-likeness (QED) is 0.219. The van der Waals surface area contributed by atoms with Gasteiger partial charge < -0.3 is 9.84 Å². The fourth-order valence-corrected chi connectivity index (χ4v) is 4.83. The molecule has 0 aliphatic heterocycles. The molecule has 198 valence electrons. The zero-order valence-electron chi connectivity index (χ0n) is 20.5. The van der Waals surface area contributed by atoms with E-state index in [1.807, 2.05) is 13.8 Å². The third-order valence-electron chi connectivity index (χ3n) is 5.59. The van der Waals surface area contributed by atoms with Crippen LogP contribution in [0.2, 0.25) is 0 Å². The van der Waals surface area contributed by atoms with E-state index in [9.17, 15) is 36.3 Å². The SMILES string of the molecule is CC(C)OC(=O)C(C(=O)C(F)(F)F)c1cc(NS(=O)(=O)c2ccc(C(C)C)cc2)c2ccccc2c1O. The van der Waals surface area contributed by atoms with Crippen LogP contribution in [0.5, 0.6) is 5.75 Å². The Balaban J connectivity index is 2.21. The highest BCUT2D eigenvalue weighted by Crippen LogP contribution is 2.41. The fraction of sp³-hybridized carbons (Fsp3) is 0.308. The summed E-state index contributed by atoms with van der Waals surface area (Å²) in [5.74, 6) is -7.17. The maximum absolute atomic E-state index is 13.5. The largest absolute Gasteiger partial charge is 0.507 e. The molecule has 0 saturated carbocycles. The number of phenolic OH excluding ortho intramolecular Hbond substituents is 1. The lowest BCUT2D eigenvalue weighted by atomic mass is 9.90. The van der Waals surface area contributed by atoms with E-state index < -0.39 is 51.3 Å². The van der Waals surface area contributed by atoms with E-state index in [2.05, 4.69) is 4.72 Å². The van der Waals surface area contributed by atoms with Gasteiger partial charge in [-0.2, -0.15) is 13.2 Å². The maximum atomic E-state index is 13.5. The third kappa shape index (κ3) is 6.04. The summed E-state index contributed by atoms with van der Waals surface area (Å²) >= 11 is 0. The molecule has 37 heavy (non-hydrogen) atoms. The molecular formula is C26H26F3NO6S. The molecule has 0 bridgehead atoms. The average molecular weight is 538 g/mol. The predicted octanol–water partition coefficient (Wildman–Crippen LogP) is 5.64. The number of esters is 1. The number of ketones is 1. The number of alkyl halides is 3. The number of carbonyl (C=O) groups is 2. The van der Waals surface area contributed by atoms with Crippen LogP contribution in [-0.4, -0.2) is 37.6 Å². The van der Waals surface area contributed by atoms with Crippen molar-refractivity contribution in [2.75, 3.05) is 4.72 Å². The van der Waals surface area contributed by atoms with Crippen molar-refractivity contribution in [1.29, 1.82) is 0 Å². The normalized spacial score (nSPS) is 13.1. The number of anilines is 1. The summed E-state index contributed by atoms with van der Waals surface area (Å²) in [5, 5.41) is 10.9. The van der Waals surface area contributed by atoms with Crippen LogP contribution in [0.15, 0.2) is 59.5 Å². The lowest BCUT2D eigenvalue weighted by molar-refractivity contribution is -0.178. The number of hydrogen-bond donors (Lipinski definition) is 2. The summed E-state index contributed by atoms with van der Waals surface area (Å²) in [6.45, 7) is 6.65. The monoisotopic (exact) mass is 537 g/mol. The molecular weight excluding hydrogens is 511 g/mol. The van der Waals surface area contributed by atoms with Gasteiger partial charge in [-0.25, -0.2) is 8.42 Å². The lowest BCUT2D eigenvalue weighted by Crippen LogP contribution is -2.35. The number of ether oxygens (including phenoxy) is 1. The first-order valence-electron chi connectivity index (χ1n) is 11.3. The van der Waals surface area contributed by atoms with Gasteiger partial charge in [-0.3, -0.25) is 14.3 Å². The zero-order chi connectivity index (χ0) is 27.7. The number of fused-ring (bicyclic) bond motifs is 1. The highest BCUT2D eigenvalue weighted by molar-refractivity contribution is 7.92. The second-order valence-electron chi connectivity index (χ2n) is 9.02. The summed E-state index contributed by atoms with van der Waals surface area (Å²) in [6.07, 6.45) is -6.29. The van der Waals surface area contributed by atoms with Crippen LogP contribution < -0.4 is 4.72 Å². The van der Waals surface area contributed by atoms with Crippen molar-refractivity contribution in [3.05, 3.63) is 65.7 Å². The number of hydrogen-bond acceptors (Lipinski definition) is 6. The number of carbonyl (C=O) groups excluding carboxylic acids is 2. The van der Waals surface area contributed by atoms with Crippen LogP contribution in [0.25, 0.3) is 10.8 Å². The average Bonchev–Trinajstić information content (AvgIpc) is 2.80.